The number of ether oxygens (including phenoxy) is 2. The molecule has 1 aromatic carbocycles. The van der Waals surface area contributed by atoms with Crippen molar-refractivity contribution in [2.24, 2.45) is 0 Å². The van der Waals surface area contributed by atoms with Gasteiger partial charge in [-0.2, -0.15) is 0 Å². The maximum Gasteiger partial charge on any atom is 0.238 e. The number of benzene rings is 1. The molecule has 1 saturated heterocycles. The minimum absolute atomic E-state index is 0.0339. The second-order valence-electron chi connectivity index (χ2n) is 5.80. The fourth-order valence-corrected chi connectivity index (χ4v) is 2.92. The first-order valence-corrected chi connectivity index (χ1v) is 8.22. The van der Waals surface area contributed by atoms with Crippen LogP contribution >= 0.6 is 0 Å². The van der Waals surface area contributed by atoms with Crippen LogP contribution in [0.5, 0.6) is 11.6 Å². The van der Waals surface area contributed by atoms with E-state index < -0.39 is 5.82 Å². The van der Waals surface area contributed by atoms with E-state index in [2.05, 4.69) is 9.97 Å². The molecule has 0 bridgehead atoms. The molecule has 0 aliphatic carbocycles. The number of nitrogens with zero attached hydrogens (tertiary/aromatic N) is 3. The summed E-state index contributed by atoms with van der Waals surface area (Å²) in [6, 6.07) is 5.98. The Morgan fingerprint density at radius 3 is 3.00 bits per heavy atom. The number of rotatable bonds is 6. The summed E-state index contributed by atoms with van der Waals surface area (Å²) in [5.74, 6) is -0.134. The summed E-state index contributed by atoms with van der Waals surface area (Å²) in [4.78, 5) is 22.7. The molecule has 1 aliphatic rings. The predicted molar refractivity (Wildman–Crippen MR) is 88.7 cm³/mol. The third kappa shape index (κ3) is 4.11. The Kier molecular flexibility index (Phi) is 5.55. The fourth-order valence-electron chi connectivity index (χ4n) is 2.92. The molecule has 0 N–H and O–H groups in total. The van der Waals surface area contributed by atoms with Gasteiger partial charge in [-0.25, -0.2) is 9.37 Å². The standard InChI is InChI=1S/C18H20FN3O3/c1-24-10-8-18(23)22-9-4-6-15(22)14-11-20-12-17(21-14)25-16-7-3-2-5-13(16)19/h2-3,5,7,11-12,15H,4,6,8-10H2,1H3/t15-/m1/s1. The summed E-state index contributed by atoms with van der Waals surface area (Å²) in [6.45, 7) is 1.08. The molecule has 3 rings (SSSR count). The van der Waals surface area contributed by atoms with Gasteiger partial charge < -0.3 is 14.4 Å². The summed E-state index contributed by atoms with van der Waals surface area (Å²) < 4.78 is 24.2. The summed E-state index contributed by atoms with van der Waals surface area (Å²) in [7, 11) is 1.57. The molecule has 0 radical (unpaired) electrons. The number of amides is 1. The average Bonchev–Trinajstić information content (AvgIpc) is 3.12. The third-order valence-corrected chi connectivity index (χ3v) is 4.12. The van der Waals surface area contributed by atoms with Gasteiger partial charge in [-0.05, 0) is 25.0 Å². The van der Waals surface area contributed by atoms with E-state index in [0.29, 0.717) is 25.3 Å². The third-order valence-electron chi connectivity index (χ3n) is 4.12. The number of carbonyl (C=O) groups excluding carboxylic acids is 1. The fraction of sp³-hybridized carbons (Fsp3) is 0.389. The van der Waals surface area contributed by atoms with Crippen LogP contribution in [-0.2, 0) is 9.53 Å². The molecule has 0 saturated carbocycles. The van der Waals surface area contributed by atoms with Gasteiger partial charge in [0.25, 0.3) is 0 Å². The van der Waals surface area contributed by atoms with Crippen molar-refractivity contribution in [2.45, 2.75) is 25.3 Å². The number of hydrogen-bond acceptors (Lipinski definition) is 5. The van der Waals surface area contributed by atoms with Gasteiger partial charge in [0.1, 0.15) is 0 Å². The number of aromatic nitrogens is 2. The summed E-state index contributed by atoms with van der Waals surface area (Å²) in [5, 5.41) is 0. The van der Waals surface area contributed by atoms with Crippen LogP contribution in [0.1, 0.15) is 31.0 Å². The van der Waals surface area contributed by atoms with Crippen LogP contribution in [0.15, 0.2) is 36.7 Å². The minimum atomic E-state index is -0.466. The van der Waals surface area contributed by atoms with E-state index in [1.54, 1.807) is 30.3 Å². The Labute approximate surface area is 145 Å². The SMILES string of the molecule is COCCC(=O)N1CCC[C@@H]1c1cncc(Oc2ccccc2F)n1. The zero-order valence-corrected chi connectivity index (χ0v) is 14.0. The van der Waals surface area contributed by atoms with Crippen LogP contribution in [0.25, 0.3) is 0 Å². The van der Waals surface area contributed by atoms with Crippen molar-refractivity contribution >= 4 is 5.91 Å². The zero-order valence-electron chi connectivity index (χ0n) is 14.0. The lowest BCUT2D eigenvalue weighted by Gasteiger charge is -2.24. The molecule has 1 amide bonds. The van der Waals surface area contributed by atoms with E-state index in [-0.39, 0.29) is 23.6 Å². The van der Waals surface area contributed by atoms with Crippen LogP contribution in [0, 0.1) is 5.82 Å². The highest BCUT2D eigenvalue weighted by Crippen LogP contribution is 2.32. The van der Waals surface area contributed by atoms with Gasteiger partial charge in [-0.1, -0.05) is 12.1 Å². The van der Waals surface area contributed by atoms with Crippen LogP contribution in [-0.4, -0.2) is 41.0 Å². The number of likely N-dealkylation sites (tertiary alicyclic amines) is 1. The highest BCUT2D eigenvalue weighted by molar-refractivity contribution is 5.77. The first kappa shape index (κ1) is 17.3. The monoisotopic (exact) mass is 345 g/mol. The summed E-state index contributed by atoms with van der Waals surface area (Å²) in [6.07, 6.45) is 5.12. The van der Waals surface area contributed by atoms with Crippen molar-refractivity contribution < 1.29 is 18.7 Å². The number of halogens is 1. The summed E-state index contributed by atoms with van der Waals surface area (Å²) >= 11 is 0. The highest BCUT2D eigenvalue weighted by atomic mass is 19.1. The van der Waals surface area contributed by atoms with Crippen LogP contribution in [0.4, 0.5) is 4.39 Å². The lowest BCUT2D eigenvalue weighted by Crippen LogP contribution is -2.31. The van der Waals surface area contributed by atoms with Gasteiger partial charge in [0.2, 0.25) is 11.8 Å². The predicted octanol–water partition coefficient (Wildman–Crippen LogP) is 3.11. The van der Waals surface area contributed by atoms with E-state index in [1.807, 2.05) is 0 Å². The molecule has 25 heavy (non-hydrogen) atoms. The van der Waals surface area contributed by atoms with Crippen LogP contribution in [0.2, 0.25) is 0 Å². The van der Waals surface area contributed by atoms with E-state index in [0.717, 1.165) is 12.8 Å². The maximum absolute atomic E-state index is 13.7. The second kappa shape index (κ2) is 8.02. The van der Waals surface area contributed by atoms with E-state index in [9.17, 15) is 9.18 Å². The maximum atomic E-state index is 13.7. The summed E-state index contributed by atoms with van der Waals surface area (Å²) in [5.41, 5.74) is 0.650. The molecule has 1 aromatic heterocycles. The largest absolute Gasteiger partial charge is 0.434 e. The Morgan fingerprint density at radius 1 is 1.36 bits per heavy atom. The Hall–Kier alpha value is -2.54. The van der Waals surface area contributed by atoms with E-state index >= 15 is 0 Å². The molecule has 132 valence electrons. The van der Waals surface area contributed by atoms with Crippen molar-refractivity contribution in [1.29, 1.82) is 0 Å². The van der Waals surface area contributed by atoms with Gasteiger partial charge in [0.15, 0.2) is 11.6 Å². The van der Waals surface area contributed by atoms with Crippen molar-refractivity contribution in [2.75, 3.05) is 20.3 Å². The van der Waals surface area contributed by atoms with Crippen molar-refractivity contribution in [3.8, 4) is 11.6 Å². The van der Waals surface area contributed by atoms with Crippen molar-refractivity contribution in [3.63, 3.8) is 0 Å². The Morgan fingerprint density at radius 2 is 2.20 bits per heavy atom. The number of para-hydroxylation sites is 1. The molecule has 1 fully saturated rings. The van der Waals surface area contributed by atoms with Gasteiger partial charge in [0.05, 0.1) is 37.2 Å². The minimum Gasteiger partial charge on any atom is -0.434 e. The molecule has 1 aliphatic heterocycles. The van der Waals surface area contributed by atoms with Crippen LogP contribution in [0.3, 0.4) is 0 Å². The smallest absolute Gasteiger partial charge is 0.238 e. The molecule has 0 spiro atoms. The van der Waals surface area contributed by atoms with Crippen LogP contribution < -0.4 is 4.74 Å². The van der Waals surface area contributed by atoms with Gasteiger partial charge in [-0.3, -0.25) is 9.78 Å². The second-order valence-corrected chi connectivity index (χ2v) is 5.80. The van der Waals surface area contributed by atoms with Crippen molar-refractivity contribution in [1.82, 2.24) is 14.9 Å². The lowest BCUT2D eigenvalue weighted by molar-refractivity contribution is -0.133. The first-order valence-electron chi connectivity index (χ1n) is 8.22. The number of methoxy groups -OCH3 is 1. The zero-order chi connectivity index (χ0) is 17.6. The molecule has 7 heteroatoms. The molecule has 0 unspecified atom stereocenters. The molecule has 2 heterocycles. The molecule has 6 nitrogen and oxygen atoms in total. The molecule has 1 atom stereocenters. The van der Waals surface area contributed by atoms with Gasteiger partial charge >= 0.3 is 0 Å². The Balaban J connectivity index is 1.76. The molecule has 2 aromatic rings. The van der Waals surface area contributed by atoms with E-state index in [4.69, 9.17) is 9.47 Å². The number of carbonyl (C=O) groups is 1. The lowest BCUT2D eigenvalue weighted by atomic mass is 10.1. The van der Waals surface area contributed by atoms with Crippen molar-refractivity contribution in [3.05, 3.63) is 48.2 Å². The Bertz CT molecular complexity index is 741. The topological polar surface area (TPSA) is 64.5 Å². The molecular weight excluding hydrogens is 325 g/mol. The molecular formula is C18H20FN3O3. The normalized spacial score (nSPS) is 16.9. The quantitative estimate of drug-likeness (QED) is 0.805. The van der Waals surface area contributed by atoms with Gasteiger partial charge in [-0.15, -0.1) is 0 Å². The number of hydrogen-bond donors (Lipinski definition) is 0. The van der Waals surface area contributed by atoms with E-state index in [1.165, 1.54) is 18.3 Å². The highest BCUT2D eigenvalue weighted by Gasteiger charge is 2.31. The first-order chi connectivity index (χ1) is 12.2. The van der Waals surface area contributed by atoms with Gasteiger partial charge in [0, 0.05) is 13.7 Å². The average molecular weight is 345 g/mol.